The molecule has 0 aliphatic rings. The molecule has 1 amide bonds. The Balaban J connectivity index is 1.55. The minimum Gasteiger partial charge on any atom is -0.490 e. The molecule has 3 rings (SSSR count). The van der Waals surface area contributed by atoms with E-state index in [0.717, 1.165) is 4.88 Å². The molecule has 0 unspecified atom stereocenters. The van der Waals surface area contributed by atoms with Crippen molar-refractivity contribution in [3.8, 4) is 22.2 Å². The molecule has 154 valence electrons. The Morgan fingerprint density at radius 1 is 1.21 bits per heavy atom. The van der Waals surface area contributed by atoms with Crippen LogP contribution in [0.1, 0.15) is 19.7 Å². The van der Waals surface area contributed by atoms with Crippen molar-refractivity contribution in [2.75, 3.05) is 32.1 Å². The number of thiophene rings is 1. The van der Waals surface area contributed by atoms with Gasteiger partial charge in [0.05, 0.1) is 31.2 Å². The van der Waals surface area contributed by atoms with Crippen LogP contribution in [0, 0.1) is 0 Å². The molecule has 0 fully saturated rings. The van der Waals surface area contributed by atoms with Gasteiger partial charge < -0.3 is 19.3 Å². The number of rotatable bonds is 10. The molecule has 0 aliphatic carbocycles. The topological polar surface area (TPSA) is 89.7 Å². The molecule has 0 spiro atoms. The third kappa shape index (κ3) is 5.78. The summed E-state index contributed by atoms with van der Waals surface area (Å²) in [6.45, 7) is 5.41. The van der Waals surface area contributed by atoms with Crippen LogP contribution in [0.25, 0.3) is 10.7 Å². The maximum Gasteiger partial charge on any atom is 0.241 e. The molecule has 0 saturated heterocycles. The normalized spacial score (nSPS) is 10.9. The Labute approximate surface area is 173 Å². The number of hydrogen-bond acceptors (Lipinski definition) is 8. The Morgan fingerprint density at radius 3 is 2.72 bits per heavy atom. The predicted octanol–water partition coefficient (Wildman–Crippen LogP) is 3.67. The lowest BCUT2D eigenvalue weighted by atomic mass is 10.2. The van der Waals surface area contributed by atoms with E-state index in [1.807, 2.05) is 38.4 Å². The Kier molecular flexibility index (Phi) is 7.20. The van der Waals surface area contributed by atoms with E-state index in [1.165, 1.54) is 0 Å². The summed E-state index contributed by atoms with van der Waals surface area (Å²) < 4.78 is 16.4. The summed E-state index contributed by atoms with van der Waals surface area (Å²) in [6, 6.07) is 9.21. The fraction of sp³-hybridized carbons (Fsp3) is 0.350. The molecule has 1 aromatic carbocycles. The highest BCUT2D eigenvalue weighted by atomic mass is 32.1. The zero-order chi connectivity index (χ0) is 20.6. The maximum absolute atomic E-state index is 12.4. The van der Waals surface area contributed by atoms with Crippen molar-refractivity contribution in [1.29, 1.82) is 0 Å². The third-order valence-electron chi connectivity index (χ3n) is 3.86. The van der Waals surface area contributed by atoms with Gasteiger partial charge in [0.15, 0.2) is 11.5 Å². The fourth-order valence-electron chi connectivity index (χ4n) is 2.69. The van der Waals surface area contributed by atoms with Crippen molar-refractivity contribution in [2.45, 2.75) is 20.4 Å². The van der Waals surface area contributed by atoms with Crippen molar-refractivity contribution in [2.24, 2.45) is 0 Å². The zero-order valence-electron chi connectivity index (χ0n) is 16.7. The van der Waals surface area contributed by atoms with Crippen LogP contribution < -0.4 is 14.8 Å². The SMILES string of the molecule is CCOc1ccc(NC(=O)CN(C)Cc2nc(-c3cccs3)no2)cc1OCC. The van der Waals surface area contributed by atoms with Gasteiger partial charge in [-0.05, 0) is 44.5 Å². The molecule has 9 heteroatoms. The molecule has 2 aromatic heterocycles. The first-order valence-electron chi connectivity index (χ1n) is 9.33. The second-order valence-corrected chi connectivity index (χ2v) is 7.18. The van der Waals surface area contributed by atoms with E-state index in [1.54, 1.807) is 34.4 Å². The van der Waals surface area contributed by atoms with Gasteiger partial charge in [-0.3, -0.25) is 9.69 Å². The second kappa shape index (κ2) is 10.0. The molecule has 1 N–H and O–H groups in total. The molecule has 0 bridgehead atoms. The minimum absolute atomic E-state index is 0.155. The van der Waals surface area contributed by atoms with Crippen molar-refractivity contribution in [3.05, 3.63) is 41.6 Å². The number of benzene rings is 1. The van der Waals surface area contributed by atoms with E-state index < -0.39 is 0 Å². The third-order valence-corrected chi connectivity index (χ3v) is 4.72. The van der Waals surface area contributed by atoms with Crippen molar-refractivity contribution < 1.29 is 18.8 Å². The summed E-state index contributed by atoms with van der Waals surface area (Å²) in [5.74, 6) is 2.13. The van der Waals surface area contributed by atoms with Crippen LogP contribution in [0.5, 0.6) is 11.5 Å². The van der Waals surface area contributed by atoms with Gasteiger partial charge in [-0.25, -0.2) is 0 Å². The molecule has 29 heavy (non-hydrogen) atoms. The highest BCUT2D eigenvalue weighted by Crippen LogP contribution is 2.30. The molecule has 0 saturated carbocycles. The minimum atomic E-state index is -0.155. The summed E-state index contributed by atoms with van der Waals surface area (Å²) in [7, 11) is 1.82. The van der Waals surface area contributed by atoms with Crippen LogP contribution in [0.2, 0.25) is 0 Å². The van der Waals surface area contributed by atoms with Gasteiger partial charge in [0.2, 0.25) is 17.6 Å². The van der Waals surface area contributed by atoms with Gasteiger partial charge in [-0.15, -0.1) is 11.3 Å². The largest absolute Gasteiger partial charge is 0.490 e. The number of nitrogens with zero attached hydrogens (tertiary/aromatic N) is 3. The van der Waals surface area contributed by atoms with Crippen molar-refractivity contribution in [1.82, 2.24) is 15.0 Å². The van der Waals surface area contributed by atoms with Crippen LogP contribution >= 0.6 is 11.3 Å². The van der Waals surface area contributed by atoms with E-state index in [0.29, 0.717) is 48.7 Å². The number of hydrogen-bond donors (Lipinski definition) is 1. The monoisotopic (exact) mass is 416 g/mol. The van der Waals surface area contributed by atoms with Crippen LogP contribution in [-0.4, -0.2) is 47.8 Å². The quantitative estimate of drug-likeness (QED) is 0.539. The summed E-state index contributed by atoms with van der Waals surface area (Å²) in [5, 5.41) is 8.81. The molecule has 8 nitrogen and oxygen atoms in total. The van der Waals surface area contributed by atoms with Gasteiger partial charge in [0.1, 0.15) is 0 Å². The van der Waals surface area contributed by atoms with E-state index >= 15 is 0 Å². The van der Waals surface area contributed by atoms with E-state index in [-0.39, 0.29) is 12.5 Å². The van der Waals surface area contributed by atoms with E-state index in [9.17, 15) is 4.79 Å². The molecule has 0 aliphatic heterocycles. The number of amides is 1. The molecular formula is C20H24N4O4S. The summed E-state index contributed by atoms with van der Waals surface area (Å²) in [5.41, 5.74) is 0.646. The Hall–Kier alpha value is -2.91. The summed E-state index contributed by atoms with van der Waals surface area (Å²) >= 11 is 1.55. The Bertz CT molecular complexity index is 926. The fourth-order valence-corrected chi connectivity index (χ4v) is 3.34. The first-order valence-corrected chi connectivity index (χ1v) is 10.2. The zero-order valence-corrected chi connectivity index (χ0v) is 17.5. The second-order valence-electron chi connectivity index (χ2n) is 6.24. The lowest BCUT2D eigenvalue weighted by Gasteiger charge is -2.15. The highest BCUT2D eigenvalue weighted by molar-refractivity contribution is 7.13. The molecule has 0 radical (unpaired) electrons. The number of anilines is 1. The van der Waals surface area contributed by atoms with Gasteiger partial charge in [0.25, 0.3) is 0 Å². The highest BCUT2D eigenvalue weighted by Gasteiger charge is 2.14. The lowest BCUT2D eigenvalue weighted by molar-refractivity contribution is -0.117. The van der Waals surface area contributed by atoms with Crippen LogP contribution in [0.3, 0.4) is 0 Å². The number of nitrogens with one attached hydrogen (secondary N) is 1. The Morgan fingerprint density at radius 2 is 2.00 bits per heavy atom. The smallest absolute Gasteiger partial charge is 0.241 e. The van der Waals surface area contributed by atoms with Crippen molar-refractivity contribution >= 4 is 22.9 Å². The van der Waals surface area contributed by atoms with E-state index in [2.05, 4.69) is 15.5 Å². The molecular weight excluding hydrogens is 392 g/mol. The number of ether oxygens (including phenoxy) is 2. The van der Waals surface area contributed by atoms with Crippen LogP contribution in [0.15, 0.2) is 40.2 Å². The number of aromatic nitrogens is 2. The molecule has 2 heterocycles. The number of carbonyl (C=O) groups is 1. The van der Waals surface area contributed by atoms with E-state index in [4.69, 9.17) is 14.0 Å². The average Bonchev–Trinajstić information content (AvgIpc) is 3.35. The van der Waals surface area contributed by atoms with Crippen molar-refractivity contribution in [3.63, 3.8) is 0 Å². The molecule has 0 atom stereocenters. The maximum atomic E-state index is 12.4. The molecule has 3 aromatic rings. The lowest BCUT2D eigenvalue weighted by Crippen LogP contribution is -2.29. The standard InChI is InChI=1S/C20H24N4O4S/c1-4-26-15-9-8-14(11-16(15)27-5-2)21-18(25)12-24(3)13-19-22-20(23-28-19)17-7-6-10-29-17/h6-11H,4-5,12-13H2,1-3H3,(H,21,25). The van der Waals surface area contributed by atoms with Gasteiger partial charge in [0, 0.05) is 11.8 Å². The summed E-state index contributed by atoms with van der Waals surface area (Å²) in [6.07, 6.45) is 0. The number of carbonyl (C=O) groups excluding carboxylic acids is 1. The first kappa shape index (κ1) is 20.8. The average molecular weight is 417 g/mol. The van der Waals surface area contributed by atoms with Gasteiger partial charge in [-0.2, -0.15) is 4.98 Å². The van der Waals surface area contributed by atoms with Gasteiger partial charge in [-0.1, -0.05) is 11.2 Å². The first-order chi connectivity index (χ1) is 14.1. The predicted molar refractivity (Wildman–Crippen MR) is 111 cm³/mol. The summed E-state index contributed by atoms with van der Waals surface area (Å²) in [4.78, 5) is 19.5. The van der Waals surface area contributed by atoms with Crippen LogP contribution in [-0.2, 0) is 11.3 Å². The van der Waals surface area contributed by atoms with Crippen LogP contribution in [0.4, 0.5) is 5.69 Å². The number of likely N-dealkylation sites (N-methyl/N-ethyl adjacent to an activating group) is 1. The van der Waals surface area contributed by atoms with Gasteiger partial charge >= 0.3 is 0 Å².